The quantitative estimate of drug-likeness (QED) is 0.555. The van der Waals surface area contributed by atoms with Gasteiger partial charge < -0.3 is 5.32 Å². The van der Waals surface area contributed by atoms with Crippen LogP contribution in [-0.4, -0.2) is 38.2 Å². The predicted molar refractivity (Wildman–Crippen MR) is 88.7 cm³/mol. The molecule has 0 saturated carbocycles. The van der Waals surface area contributed by atoms with Gasteiger partial charge in [-0.25, -0.2) is 9.67 Å². The lowest BCUT2D eigenvalue weighted by atomic mass is 10.3. The van der Waals surface area contributed by atoms with Gasteiger partial charge in [-0.15, -0.1) is 16.9 Å². The third kappa shape index (κ3) is 3.95. The van der Waals surface area contributed by atoms with Gasteiger partial charge in [0.15, 0.2) is 5.69 Å². The molecule has 0 unspecified atom stereocenters. The first-order valence-electron chi connectivity index (χ1n) is 7.13. The van der Waals surface area contributed by atoms with E-state index in [2.05, 4.69) is 20.6 Å². The van der Waals surface area contributed by atoms with E-state index in [1.807, 2.05) is 48.5 Å². The van der Waals surface area contributed by atoms with E-state index in [1.165, 1.54) is 10.9 Å². The van der Waals surface area contributed by atoms with Crippen molar-refractivity contribution < 1.29 is 4.79 Å². The van der Waals surface area contributed by atoms with Crippen LogP contribution in [0.3, 0.4) is 0 Å². The summed E-state index contributed by atoms with van der Waals surface area (Å²) < 4.78 is 1.53. The summed E-state index contributed by atoms with van der Waals surface area (Å²) in [4.78, 5) is 16.5. The van der Waals surface area contributed by atoms with Gasteiger partial charge in [0, 0.05) is 18.5 Å². The van der Waals surface area contributed by atoms with Gasteiger partial charge >= 0.3 is 0 Å². The second kappa shape index (κ2) is 7.55. The van der Waals surface area contributed by atoms with E-state index in [-0.39, 0.29) is 5.91 Å². The first kappa shape index (κ1) is 15.2. The lowest BCUT2D eigenvalue weighted by molar-refractivity contribution is 0.0948. The first-order valence-corrected chi connectivity index (χ1v) is 8.11. The molecule has 0 aliphatic carbocycles. The third-order valence-electron chi connectivity index (χ3n) is 3.06. The second-order valence-corrected chi connectivity index (χ2v) is 5.75. The van der Waals surface area contributed by atoms with Crippen molar-refractivity contribution in [3.63, 3.8) is 0 Å². The zero-order valence-corrected chi connectivity index (χ0v) is 13.1. The fraction of sp³-hybridized carbons (Fsp3) is 0.125. The van der Waals surface area contributed by atoms with Gasteiger partial charge in [-0.1, -0.05) is 29.5 Å². The van der Waals surface area contributed by atoms with Gasteiger partial charge in [0.25, 0.3) is 5.91 Å². The van der Waals surface area contributed by atoms with Crippen molar-refractivity contribution in [2.45, 2.75) is 5.03 Å². The summed E-state index contributed by atoms with van der Waals surface area (Å²) in [6, 6.07) is 15.2. The smallest absolute Gasteiger partial charge is 0.271 e. The summed E-state index contributed by atoms with van der Waals surface area (Å²) in [6.45, 7) is 0.542. The molecule has 0 atom stereocenters. The molecule has 3 rings (SSSR count). The predicted octanol–water partition coefficient (Wildman–Crippen LogP) is 2.18. The highest BCUT2D eigenvalue weighted by atomic mass is 32.2. The molecule has 1 amide bonds. The van der Waals surface area contributed by atoms with Crippen LogP contribution in [0.15, 0.2) is 66.0 Å². The molecule has 3 aromatic rings. The van der Waals surface area contributed by atoms with E-state index in [4.69, 9.17) is 0 Å². The Bertz CT molecular complexity index is 760. The van der Waals surface area contributed by atoms with E-state index in [9.17, 15) is 4.79 Å². The van der Waals surface area contributed by atoms with E-state index in [0.29, 0.717) is 12.2 Å². The summed E-state index contributed by atoms with van der Waals surface area (Å²) in [5.41, 5.74) is 1.22. The number of thioether (sulfide) groups is 1. The standard InChI is InChI=1S/C16H15N5OS/c22-16(18-10-11-23-15-8-4-5-9-17-15)14-12-19-20-21(14)13-6-2-1-3-7-13/h1-9,12H,10-11H2,(H,18,22). The number of carbonyl (C=O) groups is 1. The Kier molecular flexibility index (Phi) is 5.00. The Labute approximate surface area is 137 Å². The van der Waals surface area contributed by atoms with Crippen LogP contribution in [0.2, 0.25) is 0 Å². The normalized spacial score (nSPS) is 10.4. The minimum Gasteiger partial charge on any atom is -0.350 e. The third-order valence-corrected chi connectivity index (χ3v) is 4.00. The van der Waals surface area contributed by atoms with Crippen molar-refractivity contribution in [1.82, 2.24) is 25.3 Å². The number of carbonyl (C=O) groups excluding carboxylic acids is 1. The van der Waals surface area contributed by atoms with Crippen molar-refractivity contribution in [2.24, 2.45) is 0 Å². The largest absolute Gasteiger partial charge is 0.350 e. The summed E-state index contributed by atoms with van der Waals surface area (Å²) in [7, 11) is 0. The second-order valence-electron chi connectivity index (χ2n) is 4.64. The molecule has 0 aliphatic rings. The highest BCUT2D eigenvalue weighted by molar-refractivity contribution is 7.99. The van der Waals surface area contributed by atoms with Crippen molar-refractivity contribution in [1.29, 1.82) is 0 Å². The van der Waals surface area contributed by atoms with Crippen LogP contribution in [0.4, 0.5) is 0 Å². The van der Waals surface area contributed by atoms with Crippen LogP contribution in [0.1, 0.15) is 10.5 Å². The molecule has 0 aliphatic heterocycles. The average Bonchev–Trinajstić information content (AvgIpc) is 3.10. The van der Waals surface area contributed by atoms with Crippen LogP contribution in [0, 0.1) is 0 Å². The fourth-order valence-corrected chi connectivity index (χ4v) is 2.72. The monoisotopic (exact) mass is 325 g/mol. The number of nitrogens with one attached hydrogen (secondary N) is 1. The maximum atomic E-state index is 12.3. The molecule has 1 N–H and O–H groups in total. The van der Waals surface area contributed by atoms with Crippen LogP contribution in [0.25, 0.3) is 5.69 Å². The topological polar surface area (TPSA) is 72.7 Å². The molecule has 2 heterocycles. The molecule has 0 bridgehead atoms. The number of aromatic nitrogens is 4. The fourth-order valence-electron chi connectivity index (χ4n) is 1.99. The average molecular weight is 325 g/mol. The van der Waals surface area contributed by atoms with E-state index >= 15 is 0 Å². The Balaban J connectivity index is 1.56. The summed E-state index contributed by atoms with van der Waals surface area (Å²) in [5.74, 6) is 0.552. The molecule has 0 radical (unpaired) electrons. The van der Waals surface area contributed by atoms with Crippen molar-refractivity contribution in [3.05, 3.63) is 66.6 Å². The van der Waals surface area contributed by atoms with Gasteiger partial charge in [0.2, 0.25) is 0 Å². The number of hydrogen-bond donors (Lipinski definition) is 1. The first-order chi connectivity index (χ1) is 11.3. The van der Waals surface area contributed by atoms with Gasteiger partial charge in [-0.3, -0.25) is 4.79 Å². The molecule has 116 valence electrons. The van der Waals surface area contributed by atoms with Crippen molar-refractivity contribution >= 4 is 17.7 Å². The van der Waals surface area contributed by atoms with Gasteiger partial charge in [0.1, 0.15) is 0 Å². The minimum absolute atomic E-state index is 0.194. The maximum absolute atomic E-state index is 12.3. The SMILES string of the molecule is O=C(NCCSc1ccccn1)c1cnnn1-c1ccccc1. The molecule has 23 heavy (non-hydrogen) atoms. The van der Waals surface area contributed by atoms with Crippen LogP contribution in [0.5, 0.6) is 0 Å². The zero-order valence-electron chi connectivity index (χ0n) is 12.3. The van der Waals surface area contributed by atoms with E-state index < -0.39 is 0 Å². The Morgan fingerprint density at radius 1 is 1.13 bits per heavy atom. The minimum atomic E-state index is -0.194. The van der Waals surface area contributed by atoms with Gasteiger partial charge in [0.05, 0.1) is 16.9 Å². The molecule has 0 saturated heterocycles. The molecular formula is C16H15N5OS. The van der Waals surface area contributed by atoms with Crippen molar-refractivity contribution in [2.75, 3.05) is 12.3 Å². The molecule has 0 spiro atoms. The Morgan fingerprint density at radius 2 is 1.96 bits per heavy atom. The number of rotatable bonds is 6. The molecular weight excluding hydrogens is 310 g/mol. The molecule has 0 fully saturated rings. The highest BCUT2D eigenvalue weighted by Crippen LogP contribution is 2.13. The highest BCUT2D eigenvalue weighted by Gasteiger charge is 2.13. The number of nitrogens with zero attached hydrogens (tertiary/aromatic N) is 4. The molecule has 1 aromatic carbocycles. The molecule has 7 heteroatoms. The molecule has 6 nitrogen and oxygen atoms in total. The van der Waals surface area contributed by atoms with Crippen molar-refractivity contribution in [3.8, 4) is 5.69 Å². The maximum Gasteiger partial charge on any atom is 0.271 e. The number of benzene rings is 1. The van der Waals surface area contributed by atoms with E-state index in [1.54, 1.807) is 18.0 Å². The summed E-state index contributed by atoms with van der Waals surface area (Å²) in [6.07, 6.45) is 3.22. The van der Waals surface area contributed by atoms with Gasteiger partial charge in [-0.2, -0.15) is 0 Å². The van der Waals surface area contributed by atoms with E-state index in [0.717, 1.165) is 16.5 Å². The zero-order chi connectivity index (χ0) is 15.9. The summed E-state index contributed by atoms with van der Waals surface area (Å²) >= 11 is 1.60. The Morgan fingerprint density at radius 3 is 2.74 bits per heavy atom. The summed E-state index contributed by atoms with van der Waals surface area (Å²) in [5, 5.41) is 11.6. The number of para-hydroxylation sites is 1. The molecule has 2 aromatic heterocycles. The van der Waals surface area contributed by atoms with Gasteiger partial charge in [-0.05, 0) is 24.3 Å². The lowest BCUT2D eigenvalue weighted by Gasteiger charge is -2.07. The van der Waals surface area contributed by atoms with Crippen LogP contribution < -0.4 is 5.32 Å². The van der Waals surface area contributed by atoms with Crippen LogP contribution >= 0.6 is 11.8 Å². The number of pyridine rings is 1. The lowest BCUT2D eigenvalue weighted by Crippen LogP contribution is -2.27. The number of hydrogen-bond acceptors (Lipinski definition) is 5. The van der Waals surface area contributed by atoms with Crippen LogP contribution in [-0.2, 0) is 0 Å². The number of amides is 1. The Hall–Kier alpha value is -2.67.